The molecule has 1 atom stereocenters. The molecule has 1 unspecified atom stereocenters. The van der Waals surface area contributed by atoms with E-state index in [1.54, 1.807) is 13.8 Å². The van der Waals surface area contributed by atoms with Crippen molar-refractivity contribution in [2.75, 3.05) is 6.61 Å². The first-order valence-electron chi connectivity index (χ1n) is 6.84. The number of aromatic amines is 1. The van der Waals surface area contributed by atoms with E-state index in [0.717, 1.165) is 0 Å². The molecule has 3 rings (SSSR count). The number of aromatic nitrogens is 2. The fourth-order valence-corrected chi connectivity index (χ4v) is 4.29. The van der Waals surface area contributed by atoms with Crippen LogP contribution in [0.1, 0.15) is 29.4 Å². The van der Waals surface area contributed by atoms with Crippen molar-refractivity contribution in [2.24, 2.45) is 0 Å². The van der Waals surface area contributed by atoms with Gasteiger partial charge in [0.2, 0.25) is 10.0 Å². The van der Waals surface area contributed by atoms with E-state index < -0.39 is 21.9 Å². The van der Waals surface area contributed by atoms with Crippen LogP contribution in [-0.4, -0.2) is 25.2 Å². The van der Waals surface area contributed by atoms with Crippen LogP contribution in [-0.2, 0) is 10.0 Å². The normalized spacial score (nSPS) is 17.9. The van der Waals surface area contributed by atoms with E-state index >= 15 is 0 Å². The zero-order valence-electron chi connectivity index (χ0n) is 12.2. The van der Waals surface area contributed by atoms with Crippen LogP contribution in [0, 0.1) is 19.7 Å². The molecule has 1 aromatic carbocycles. The number of nitrogens with zero attached hydrogens (tertiary/aromatic N) is 1. The van der Waals surface area contributed by atoms with Crippen LogP contribution in [0.25, 0.3) is 0 Å². The molecule has 0 aliphatic carbocycles. The molecule has 2 aromatic rings. The molecule has 118 valence electrons. The van der Waals surface area contributed by atoms with E-state index in [1.807, 2.05) is 0 Å². The molecule has 2 N–H and O–H groups in total. The number of sulfonamides is 1. The second kappa shape index (κ2) is 5.36. The number of nitrogens with one attached hydrogen (secondary N) is 2. The molecule has 0 saturated carbocycles. The van der Waals surface area contributed by atoms with Crippen LogP contribution in [0.3, 0.4) is 0 Å². The van der Waals surface area contributed by atoms with Gasteiger partial charge in [-0.3, -0.25) is 5.10 Å². The minimum atomic E-state index is -3.76. The van der Waals surface area contributed by atoms with Crippen LogP contribution in [0.2, 0.25) is 0 Å². The summed E-state index contributed by atoms with van der Waals surface area (Å²) < 4.78 is 46.7. The number of ether oxygens (including phenoxy) is 1. The molecule has 8 heteroatoms. The molecular weight excluding hydrogens is 309 g/mol. The van der Waals surface area contributed by atoms with Gasteiger partial charge in [-0.25, -0.2) is 17.5 Å². The van der Waals surface area contributed by atoms with E-state index in [0.29, 0.717) is 35.7 Å². The molecule has 0 radical (unpaired) electrons. The van der Waals surface area contributed by atoms with Gasteiger partial charge in [0.25, 0.3) is 0 Å². The Bertz CT molecular complexity index is 797. The van der Waals surface area contributed by atoms with Crippen LogP contribution >= 0.6 is 0 Å². The van der Waals surface area contributed by atoms with E-state index in [4.69, 9.17) is 4.74 Å². The van der Waals surface area contributed by atoms with Gasteiger partial charge in [0.05, 0.1) is 24.0 Å². The average molecular weight is 325 g/mol. The molecule has 22 heavy (non-hydrogen) atoms. The zero-order chi connectivity index (χ0) is 15.9. The van der Waals surface area contributed by atoms with Gasteiger partial charge in [-0.2, -0.15) is 5.10 Å². The zero-order valence-corrected chi connectivity index (χ0v) is 13.0. The lowest BCUT2D eigenvalue weighted by molar-refractivity contribution is 0.262. The largest absolute Gasteiger partial charge is 0.493 e. The van der Waals surface area contributed by atoms with E-state index in [9.17, 15) is 12.8 Å². The second-order valence-corrected chi connectivity index (χ2v) is 6.91. The Morgan fingerprint density at radius 1 is 1.41 bits per heavy atom. The maximum atomic E-state index is 13.5. The van der Waals surface area contributed by atoms with E-state index in [-0.39, 0.29) is 4.90 Å². The quantitative estimate of drug-likeness (QED) is 0.903. The highest BCUT2D eigenvalue weighted by molar-refractivity contribution is 7.89. The molecule has 0 bridgehead atoms. The first-order chi connectivity index (χ1) is 10.4. The standard InChI is InChI=1S/C14H16FN3O3S/c1-8-14(9(2)17-16-8)22(19,20)18-12-5-6-21-13-4-3-10(15)7-11(12)13/h3-4,7,12,18H,5-6H2,1-2H3,(H,16,17). The summed E-state index contributed by atoms with van der Waals surface area (Å²) in [5, 5.41) is 6.56. The summed E-state index contributed by atoms with van der Waals surface area (Å²) in [6.07, 6.45) is 0.436. The third-order valence-electron chi connectivity index (χ3n) is 3.64. The molecular formula is C14H16FN3O3S. The van der Waals surface area contributed by atoms with Crippen molar-refractivity contribution in [3.05, 3.63) is 41.0 Å². The number of halogens is 1. The SMILES string of the molecule is Cc1n[nH]c(C)c1S(=O)(=O)NC1CCOc2ccc(F)cc21. The Kier molecular flexibility index (Phi) is 3.65. The van der Waals surface area contributed by atoms with Gasteiger partial charge in [-0.05, 0) is 32.0 Å². The first-order valence-corrected chi connectivity index (χ1v) is 8.33. The Morgan fingerprint density at radius 3 is 2.86 bits per heavy atom. The lowest BCUT2D eigenvalue weighted by atomic mass is 10.0. The van der Waals surface area contributed by atoms with Crippen molar-refractivity contribution in [3.8, 4) is 5.75 Å². The summed E-state index contributed by atoms with van der Waals surface area (Å²) in [6, 6.07) is 3.58. The third kappa shape index (κ3) is 2.59. The Hall–Kier alpha value is -1.93. The predicted octanol–water partition coefficient (Wildman–Crippen LogP) is 1.97. The van der Waals surface area contributed by atoms with Crippen LogP contribution in [0.5, 0.6) is 5.75 Å². The van der Waals surface area contributed by atoms with Crippen molar-refractivity contribution in [1.29, 1.82) is 0 Å². The molecule has 1 aliphatic rings. The smallest absolute Gasteiger partial charge is 0.244 e. The molecule has 1 aliphatic heterocycles. The number of hydrogen-bond acceptors (Lipinski definition) is 4. The van der Waals surface area contributed by atoms with Crippen LogP contribution < -0.4 is 9.46 Å². The fourth-order valence-electron chi connectivity index (χ4n) is 2.67. The number of rotatable bonds is 3. The summed E-state index contributed by atoms with van der Waals surface area (Å²) in [5.74, 6) is 0.0742. The number of H-pyrrole nitrogens is 1. The van der Waals surface area contributed by atoms with Gasteiger partial charge >= 0.3 is 0 Å². The van der Waals surface area contributed by atoms with Gasteiger partial charge in [0.15, 0.2) is 0 Å². The van der Waals surface area contributed by atoms with Gasteiger partial charge < -0.3 is 4.74 Å². The maximum absolute atomic E-state index is 13.5. The Labute approximate surface area is 127 Å². The maximum Gasteiger partial charge on any atom is 0.244 e. The summed E-state index contributed by atoms with van der Waals surface area (Å²) in [6.45, 7) is 3.64. The fraction of sp³-hybridized carbons (Fsp3) is 0.357. The van der Waals surface area contributed by atoms with Crippen LogP contribution in [0.15, 0.2) is 23.1 Å². The summed E-state index contributed by atoms with van der Waals surface area (Å²) in [4.78, 5) is 0.136. The lowest BCUT2D eigenvalue weighted by Crippen LogP contribution is -2.32. The first kappa shape index (κ1) is 15.0. The van der Waals surface area contributed by atoms with Gasteiger partial charge in [0.1, 0.15) is 16.5 Å². The van der Waals surface area contributed by atoms with Crippen molar-refractivity contribution in [3.63, 3.8) is 0 Å². The van der Waals surface area contributed by atoms with Crippen molar-refractivity contribution in [2.45, 2.75) is 31.2 Å². The Morgan fingerprint density at radius 2 is 2.18 bits per heavy atom. The monoisotopic (exact) mass is 325 g/mol. The highest BCUT2D eigenvalue weighted by Gasteiger charge is 2.30. The van der Waals surface area contributed by atoms with E-state index in [1.165, 1.54) is 18.2 Å². The summed E-state index contributed by atoms with van der Waals surface area (Å²) in [5.41, 5.74) is 1.38. The topological polar surface area (TPSA) is 84.1 Å². The van der Waals surface area contributed by atoms with E-state index in [2.05, 4.69) is 14.9 Å². The van der Waals surface area contributed by atoms with Crippen molar-refractivity contribution < 1.29 is 17.5 Å². The summed E-state index contributed by atoms with van der Waals surface area (Å²) >= 11 is 0. The average Bonchev–Trinajstić information content (AvgIpc) is 2.79. The number of hydrogen-bond donors (Lipinski definition) is 2. The molecule has 0 saturated heterocycles. The minimum absolute atomic E-state index is 0.136. The second-order valence-electron chi connectivity index (χ2n) is 5.26. The highest BCUT2D eigenvalue weighted by atomic mass is 32.2. The van der Waals surface area contributed by atoms with Crippen molar-refractivity contribution in [1.82, 2.24) is 14.9 Å². The predicted molar refractivity (Wildman–Crippen MR) is 77.6 cm³/mol. The molecule has 1 aromatic heterocycles. The molecule has 6 nitrogen and oxygen atoms in total. The number of benzene rings is 1. The Balaban J connectivity index is 1.96. The highest BCUT2D eigenvalue weighted by Crippen LogP contribution is 2.33. The lowest BCUT2D eigenvalue weighted by Gasteiger charge is -2.26. The van der Waals surface area contributed by atoms with Gasteiger partial charge in [0, 0.05) is 12.0 Å². The molecule has 2 heterocycles. The number of fused-ring (bicyclic) bond motifs is 1. The van der Waals surface area contributed by atoms with Crippen LogP contribution in [0.4, 0.5) is 4.39 Å². The molecule has 0 amide bonds. The minimum Gasteiger partial charge on any atom is -0.493 e. The number of aryl methyl sites for hydroxylation is 2. The summed E-state index contributed by atoms with van der Waals surface area (Å²) in [7, 11) is -3.76. The van der Waals surface area contributed by atoms with Crippen molar-refractivity contribution >= 4 is 10.0 Å². The molecule has 0 spiro atoms. The van der Waals surface area contributed by atoms with Gasteiger partial charge in [-0.1, -0.05) is 0 Å². The third-order valence-corrected chi connectivity index (χ3v) is 5.37. The molecule has 0 fully saturated rings. The van der Waals surface area contributed by atoms with Gasteiger partial charge in [-0.15, -0.1) is 0 Å².